The van der Waals surface area contributed by atoms with Gasteiger partial charge in [-0.2, -0.15) is 4.37 Å². The number of rotatable bonds is 6. The van der Waals surface area contributed by atoms with Crippen LogP contribution >= 0.6 is 23.1 Å². The van der Waals surface area contributed by atoms with E-state index in [0.29, 0.717) is 11.1 Å². The molecule has 30 heavy (non-hydrogen) atoms. The first-order chi connectivity index (χ1) is 14.5. The molecule has 0 unspecified atom stereocenters. The van der Waals surface area contributed by atoms with Gasteiger partial charge in [-0.15, -0.1) is 0 Å². The lowest BCUT2D eigenvalue weighted by atomic mass is 9.92. The zero-order valence-electron chi connectivity index (χ0n) is 16.5. The molecule has 1 aliphatic heterocycles. The second-order valence-corrected chi connectivity index (χ2v) is 10.2. The van der Waals surface area contributed by atoms with Crippen LogP contribution in [0.4, 0.5) is 5.13 Å². The molecule has 158 valence electrons. The van der Waals surface area contributed by atoms with Crippen molar-refractivity contribution in [3.05, 3.63) is 71.0 Å². The van der Waals surface area contributed by atoms with Crippen LogP contribution in [-0.4, -0.2) is 29.2 Å². The lowest BCUT2D eigenvalue weighted by Gasteiger charge is -2.40. The van der Waals surface area contributed by atoms with E-state index in [1.807, 2.05) is 12.1 Å². The van der Waals surface area contributed by atoms with Crippen molar-refractivity contribution in [2.24, 2.45) is 0 Å². The van der Waals surface area contributed by atoms with Crippen molar-refractivity contribution >= 4 is 38.3 Å². The molecule has 1 saturated heterocycles. The van der Waals surface area contributed by atoms with Crippen molar-refractivity contribution in [3.63, 3.8) is 0 Å². The molecule has 0 aliphatic carbocycles. The van der Waals surface area contributed by atoms with E-state index in [1.54, 1.807) is 6.07 Å². The standard InChI is InChI=1S/C21H23ClN4O2S2/c1-15(26-12-6-5-9-20(26)16-7-3-2-4-8-16)18-11-10-17(13-19(18)22)30(27,28)25-21-23-14-24-29-21/h2-4,7-8,10-11,13-15,20H,5-6,9,12H2,1H3,(H,23,24,25)/t15-,20+/m1/s1. The topological polar surface area (TPSA) is 75.2 Å². The first-order valence-electron chi connectivity index (χ1n) is 9.85. The number of sulfonamides is 1. The molecule has 1 aliphatic rings. The van der Waals surface area contributed by atoms with Crippen molar-refractivity contribution < 1.29 is 8.42 Å². The molecule has 1 aromatic heterocycles. The molecule has 1 fully saturated rings. The highest BCUT2D eigenvalue weighted by Gasteiger charge is 2.30. The van der Waals surface area contributed by atoms with Crippen molar-refractivity contribution in [2.45, 2.75) is 43.2 Å². The average molecular weight is 463 g/mol. The van der Waals surface area contributed by atoms with Crippen molar-refractivity contribution in [1.29, 1.82) is 0 Å². The van der Waals surface area contributed by atoms with Gasteiger partial charge >= 0.3 is 0 Å². The van der Waals surface area contributed by atoms with Gasteiger partial charge in [0, 0.05) is 28.6 Å². The SMILES string of the molecule is C[C@H](c1ccc(S(=O)(=O)Nc2ncns2)cc1Cl)N1CCCC[C@H]1c1ccccc1. The van der Waals surface area contributed by atoms with Gasteiger partial charge in [-0.05, 0) is 49.6 Å². The maximum atomic E-state index is 12.6. The van der Waals surface area contributed by atoms with Gasteiger partial charge in [0.25, 0.3) is 10.0 Å². The number of nitrogens with one attached hydrogen (secondary N) is 1. The van der Waals surface area contributed by atoms with Gasteiger partial charge in [0.15, 0.2) is 0 Å². The fourth-order valence-corrected chi connectivity index (χ4v) is 6.13. The minimum atomic E-state index is -3.77. The summed E-state index contributed by atoms with van der Waals surface area (Å²) in [4.78, 5) is 6.45. The molecule has 9 heteroatoms. The van der Waals surface area contributed by atoms with Gasteiger partial charge in [-0.25, -0.2) is 13.4 Å². The summed E-state index contributed by atoms with van der Waals surface area (Å²) in [6.45, 7) is 3.12. The van der Waals surface area contributed by atoms with E-state index in [1.165, 1.54) is 24.4 Å². The molecule has 0 spiro atoms. The van der Waals surface area contributed by atoms with Crippen LogP contribution < -0.4 is 4.72 Å². The van der Waals surface area contributed by atoms with Crippen LogP contribution in [0.1, 0.15) is 49.4 Å². The van der Waals surface area contributed by atoms with Gasteiger partial charge < -0.3 is 0 Å². The molecular weight excluding hydrogens is 440 g/mol. The fraction of sp³-hybridized carbons (Fsp3) is 0.333. The first-order valence-corrected chi connectivity index (χ1v) is 12.5. The van der Waals surface area contributed by atoms with E-state index >= 15 is 0 Å². The largest absolute Gasteiger partial charge is 0.290 e. The number of anilines is 1. The van der Waals surface area contributed by atoms with Crippen molar-refractivity contribution in [2.75, 3.05) is 11.3 Å². The highest BCUT2D eigenvalue weighted by atomic mass is 35.5. The molecule has 3 aromatic rings. The van der Waals surface area contributed by atoms with E-state index in [0.717, 1.165) is 36.5 Å². The van der Waals surface area contributed by atoms with E-state index < -0.39 is 10.0 Å². The Morgan fingerprint density at radius 2 is 2.00 bits per heavy atom. The fourth-order valence-electron chi connectivity index (χ4n) is 4.04. The van der Waals surface area contributed by atoms with Gasteiger partial charge in [0.1, 0.15) is 6.33 Å². The minimum absolute atomic E-state index is 0.0656. The molecule has 0 bridgehead atoms. The molecule has 0 amide bonds. The summed E-state index contributed by atoms with van der Waals surface area (Å²) in [7, 11) is -3.77. The Balaban J connectivity index is 1.59. The highest BCUT2D eigenvalue weighted by molar-refractivity contribution is 7.93. The van der Waals surface area contributed by atoms with Gasteiger partial charge in [0.05, 0.1) is 4.90 Å². The Morgan fingerprint density at radius 1 is 1.20 bits per heavy atom. The summed E-state index contributed by atoms with van der Waals surface area (Å²) < 4.78 is 31.5. The quantitative estimate of drug-likeness (QED) is 0.539. The van der Waals surface area contributed by atoms with Gasteiger partial charge in [0.2, 0.25) is 5.13 Å². The maximum absolute atomic E-state index is 12.6. The number of benzene rings is 2. The normalized spacial score (nSPS) is 18.8. The zero-order valence-corrected chi connectivity index (χ0v) is 18.9. The molecule has 1 N–H and O–H groups in total. The van der Waals surface area contributed by atoms with E-state index in [9.17, 15) is 8.42 Å². The van der Waals surface area contributed by atoms with Gasteiger partial charge in [-0.3, -0.25) is 9.62 Å². The number of halogens is 1. The van der Waals surface area contributed by atoms with Crippen molar-refractivity contribution in [3.8, 4) is 0 Å². The van der Waals surface area contributed by atoms with Crippen molar-refractivity contribution in [1.82, 2.24) is 14.3 Å². The summed E-state index contributed by atoms with van der Waals surface area (Å²) in [5.74, 6) is 0. The smallest absolute Gasteiger partial charge is 0.263 e. The summed E-state index contributed by atoms with van der Waals surface area (Å²) in [5, 5.41) is 0.669. The van der Waals surface area contributed by atoms with Crippen LogP contribution in [0.3, 0.4) is 0 Å². The number of nitrogens with zero attached hydrogens (tertiary/aromatic N) is 3. The van der Waals surface area contributed by atoms with Crippen LogP contribution in [0.5, 0.6) is 0 Å². The summed E-state index contributed by atoms with van der Waals surface area (Å²) in [5.41, 5.74) is 2.23. The Hall–Kier alpha value is -2.00. The third-order valence-electron chi connectivity index (χ3n) is 5.54. The second kappa shape index (κ2) is 9.01. The molecule has 4 rings (SSSR count). The number of aromatic nitrogens is 2. The lowest BCUT2D eigenvalue weighted by Crippen LogP contribution is -2.35. The Morgan fingerprint density at radius 3 is 2.70 bits per heavy atom. The predicted molar refractivity (Wildman–Crippen MR) is 120 cm³/mol. The summed E-state index contributed by atoms with van der Waals surface area (Å²) >= 11 is 7.56. The van der Waals surface area contributed by atoms with Crippen LogP contribution in [0.2, 0.25) is 5.02 Å². The summed E-state index contributed by atoms with van der Waals surface area (Å²) in [6, 6.07) is 15.8. The van der Waals surface area contributed by atoms with Crippen LogP contribution in [-0.2, 0) is 10.0 Å². The molecular formula is C21H23ClN4O2S2. The third-order valence-corrected chi connectivity index (χ3v) is 7.91. The zero-order chi connectivity index (χ0) is 21.1. The number of hydrogen-bond acceptors (Lipinski definition) is 6. The maximum Gasteiger partial charge on any atom is 0.263 e. The lowest BCUT2D eigenvalue weighted by molar-refractivity contribution is 0.103. The van der Waals surface area contributed by atoms with Crippen LogP contribution in [0, 0.1) is 0 Å². The van der Waals surface area contributed by atoms with E-state index in [2.05, 4.69) is 50.2 Å². The number of hydrogen-bond donors (Lipinski definition) is 1. The number of likely N-dealkylation sites (tertiary alicyclic amines) is 1. The molecule has 0 saturated carbocycles. The van der Waals surface area contributed by atoms with E-state index in [-0.39, 0.29) is 16.1 Å². The first kappa shape index (κ1) is 21.2. The second-order valence-electron chi connectivity index (χ2n) is 7.37. The Kier molecular flexibility index (Phi) is 6.38. The monoisotopic (exact) mass is 462 g/mol. The predicted octanol–water partition coefficient (Wildman–Crippen LogP) is 5.28. The molecule has 2 heterocycles. The summed E-state index contributed by atoms with van der Waals surface area (Å²) in [6.07, 6.45) is 4.75. The number of piperidine rings is 1. The van der Waals surface area contributed by atoms with E-state index in [4.69, 9.17) is 11.6 Å². The highest BCUT2D eigenvalue weighted by Crippen LogP contribution is 2.39. The Labute approximate surface area is 186 Å². The third kappa shape index (κ3) is 4.51. The average Bonchev–Trinajstić information content (AvgIpc) is 3.26. The molecule has 2 atom stereocenters. The minimum Gasteiger partial charge on any atom is -0.290 e. The Bertz CT molecular complexity index is 1090. The van der Waals surface area contributed by atoms with Crippen LogP contribution in [0.25, 0.3) is 0 Å². The van der Waals surface area contributed by atoms with Crippen LogP contribution in [0.15, 0.2) is 59.8 Å². The van der Waals surface area contributed by atoms with Gasteiger partial charge in [-0.1, -0.05) is 54.4 Å². The molecule has 0 radical (unpaired) electrons. The molecule has 6 nitrogen and oxygen atoms in total. The molecule has 2 aromatic carbocycles.